The Hall–Kier alpha value is 0.310. The summed E-state index contributed by atoms with van der Waals surface area (Å²) in [6.45, 7) is 0.943. The predicted molar refractivity (Wildman–Crippen MR) is 64.6 cm³/mol. The highest BCUT2D eigenvalue weighted by Crippen LogP contribution is 2.46. The summed E-state index contributed by atoms with van der Waals surface area (Å²) >= 11 is 2.12. The average molecular weight is 213 g/mol. The van der Waals surface area contributed by atoms with Crippen LogP contribution in [0.15, 0.2) is 0 Å². The Morgan fingerprint density at radius 2 is 1.71 bits per heavy atom. The first-order chi connectivity index (χ1) is 6.87. The smallest absolute Gasteiger partial charge is 0.00173 e. The summed E-state index contributed by atoms with van der Waals surface area (Å²) in [4.78, 5) is 0. The summed E-state index contributed by atoms with van der Waals surface area (Å²) in [5.41, 5.74) is 6.61. The van der Waals surface area contributed by atoms with Crippen LogP contribution in [0.25, 0.3) is 0 Å². The molecule has 0 bridgehead atoms. The van der Waals surface area contributed by atoms with Crippen molar-refractivity contribution in [3.63, 3.8) is 0 Å². The molecule has 0 unspecified atom stereocenters. The fraction of sp³-hybridized carbons (Fsp3) is 1.00. The molecule has 1 heterocycles. The van der Waals surface area contributed by atoms with Gasteiger partial charge in [-0.2, -0.15) is 11.8 Å². The van der Waals surface area contributed by atoms with Crippen molar-refractivity contribution in [2.75, 3.05) is 18.1 Å². The third kappa shape index (κ3) is 2.11. The molecular formula is C12H23NS. The number of thioether (sulfide) groups is 1. The van der Waals surface area contributed by atoms with Crippen LogP contribution < -0.4 is 5.73 Å². The van der Waals surface area contributed by atoms with Crippen molar-refractivity contribution in [3.8, 4) is 0 Å². The van der Waals surface area contributed by atoms with Gasteiger partial charge in [0.05, 0.1) is 0 Å². The fourth-order valence-corrected chi connectivity index (χ4v) is 4.58. The van der Waals surface area contributed by atoms with Crippen LogP contribution in [0.2, 0.25) is 0 Å². The van der Waals surface area contributed by atoms with E-state index < -0.39 is 0 Å². The summed E-state index contributed by atoms with van der Waals surface area (Å²) in [7, 11) is 0. The van der Waals surface area contributed by atoms with Crippen LogP contribution in [0.4, 0.5) is 0 Å². The lowest BCUT2D eigenvalue weighted by atomic mass is 9.65. The molecule has 2 heteroatoms. The van der Waals surface area contributed by atoms with Crippen LogP contribution in [-0.2, 0) is 0 Å². The Morgan fingerprint density at radius 1 is 1.07 bits per heavy atom. The number of hydrogen-bond donors (Lipinski definition) is 1. The fourth-order valence-electron chi connectivity index (χ4n) is 3.27. The van der Waals surface area contributed by atoms with Gasteiger partial charge < -0.3 is 5.73 Å². The van der Waals surface area contributed by atoms with E-state index in [0.29, 0.717) is 5.41 Å². The highest BCUT2D eigenvalue weighted by atomic mass is 32.2. The maximum atomic E-state index is 6.06. The summed E-state index contributed by atoms with van der Waals surface area (Å²) in [5.74, 6) is 3.67. The molecular weight excluding hydrogens is 190 g/mol. The molecule has 1 aliphatic heterocycles. The summed E-state index contributed by atoms with van der Waals surface area (Å²) in [6.07, 6.45) is 10.1. The maximum absolute atomic E-state index is 6.06. The zero-order valence-corrected chi connectivity index (χ0v) is 9.95. The number of hydrogen-bond acceptors (Lipinski definition) is 2. The lowest BCUT2D eigenvalue weighted by Crippen LogP contribution is -2.41. The molecule has 0 spiro atoms. The van der Waals surface area contributed by atoms with Crippen LogP contribution in [0.3, 0.4) is 0 Å². The molecule has 0 aromatic heterocycles. The van der Waals surface area contributed by atoms with Gasteiger partial charge in [-0.1, -0.05) is 19.3 Å². The van der Waals surface area contributed by atoms with E-state index in [9.17, 15) is 0 Å². The Labute approximate surface area is 92.2 Å². The van der Waals surface area contributed by atoms with E-state index in [1.54, 1.807) is 0 Å². The largest absolute Gasteiger partial charge is 0.330 e. The highest BCUT2D eigenvalue weighted by Gasteiger charge is 2.38. The van der Waals surface area contributed by atoms with Crippen LogP contribution in [-0.4, -0.2) is 18.1 Å². The summed E-state index contributed by atoms with van der Waals surface area (Å²) < 4.78 is 0. The molecule has 0 aromatic carbocycles. The Bertz CT molecular complexity index is 169. The van der Waals surface area contributed by atoms with Gasteiger partial charge in [-0.15, -0.1) is 0 Å². The second-order valence-electron chi connectivity index (χ2n) is 5.01. The van der Waals surface area contributed by atoms with Gasteiger partial charge in [-0.25, -0.2) is 0 Å². The van der Waals surface area contributed by atoms with Crippen molar-refractivity contribution in [1.82, 2.24) is 0 Å². The monoisotopic (exact) mass is 213 g/mol. The number of rotatable bonds is 2. The molecule has 2 fully saturated rings. The van der Waals surface area contributed by atoms with Gasteiger partial charge in [0, 0.05) is 0 Å². The minimum Gasteiger partial charge on any atom is -0.330 e. The molecule has 0 amide bonds. The number of nitrogens with two attached hydrogens (primary N) is 1. The minimum atomic E-state index is 0.547. The van der Waals surface area contributed by atoms with E-state index in [0.717, 1.165) is 12.5 Å². The van der Waals surface area contributed by atoms with Gasteiger partial charge in [-0.3, -0.25) is 0 Å². The van der Waals surface area contributed by atoms with Gasteiger partial charge >= 0.3 is 0 Å². The van der Waals surface area contributed by atoms with Crippen molar-refractivity contribution >= 4 is 11.8 Å². The molecule has 82 valence electrons. The first kappa shape index (κ1) is 10.8. The lowest BCUT2D eigenvalue weighted by Gasteiger charge is -2.44. The van der Waals surface area contributed by atoms with E-state index >= 15 is 0 Å². The third-order valence-corrected chi connectivity index (χ3v) is 5.35. The van der Waals surface area contributed by atoms with Crippen LogP contribution in [0, 0.1) is 11.3 Å². The zero-order chi connectivity index (χ0) is 9.86. The molecule has 1 saturated heterocycles. The quantitative estimate of drug-likeness (QED) is 0.763. The summed E-state index contributed by atoms with van der Waals surface area (Å²) in [5, 5.41) is 0. The van der Waals surface area contributed by atoms with E-state index in [1.807, 2.05) is 0 Å². The molecule has 2 N–H and O–H groups in total. The molecule has 1 saturated carbocycles. The first-order valence-electron chi connectivity index (χ1n) is 6.15. The van der Waals surface area contributed by atoms with Gasteiger partial charge in [-0.05, 0) is 55.1 Å². The maximum Gasteiger partial charge on any atom is -0.00173 e. The molecule has 0 atom stereocenters. The molecule has 1 nitrogen and oxygen atoms in total. The Balaban J connectivity index is 2.01. The highest BCUT2D eigenvalue weighted by molar-refractivity contribution is 7.99. The second-order valence-corrected chi connectivity index (χ2v) is 6.24. The van der Waals surface area contributed by atoms with E-state index in [4.69, 9.17) is 5.73 Å². The molecule has 1 aliphatic carbocycles. The van der Waals surface area contributed by atoms with Crippen LogP contribution in [0.5, 0.6) is 0 Å². The molecule has 2 rings (SSSR count). The summed E-state index contributed by atoms with van der Waals surface area (Å²) in [6, 6.07) is 0. The van der Waals surface area contributed by atoms with Gasteiger partial charge in [0.2, 0.25) is 0 Å². The molecule has 14 heavy (non-hydrogen) atoms. The molecule has 2 aliphatic rings. The van der Waals surface area contributed by atoms with Crippen molar-refractivity contribution in [2.45, 2.75) is 44.9 Å². The van der Waals surface area contributed by atoms with E-state index in [2.05, 4.69) is 11.8 Å². The molecule has 0 aromatic rings. The Morgan fingerprint density at radius 3 is 2.29 bits per heavy atom. The van der Waals surface area contributed by atoms with Crippen molar-refractivity contribution in [1.29, 1.82) is 0 Å². The van der Waals surface area contributed by atoms with E-state index in [-0.39, 0.29) is 0 Å². The molecule has 0 radical (unpaired) electrons. The standard InChI is InChI=1S/C12H23NS/c13-10-12(6-8-14-9-7-12)11-4-2-1-3-5-11/h11H,1-10,13H2. The Kier molecular flexibility index (Phi) is 3.78. The van der Waals surface area contributed by atoms with Crippen molar-refractivity contribution < 1.29 is 0 Å². The predicted octanol–water partition coefficient (Wildman–Crippen LogP) is 3.04. The van der Waals surface area contributed by atoms with Crippen LogP contribution in [0.1, 0.15) is 44.9 Å². The normalized spacial score (nSPS) is 28.9. The topological polar surface area (TPSA) is 26.0 Å². The minimum absolute atomic E-state index is 0.547. The van der Waals surface area contributed by atoms with Crippen molar-refractivity contribution in [2.24, 2.45) is 17.1 Å². The van der Waals surface area contributed by atoms with Gasteiger partial charge in [0.15, 0.2) is 0 Å². The second kappa shape index (κ2) is 4.89. The van der Waals surface area contributed by atoms with Crippen LogP contribution >= 0.6 is 11.8 Å². The average Bonchev–Trinajstić information content (AvgIpc) is 2.31. The lowest BCUT2D eigenvalue weighted by molar-refractivity contribution is 0.112. The third-order valence-electron chi connectivity index (χ3n) is 4.37. The SMILES string of the molecule is NCC1(C2CCCCC2)CCSCC1. The van der Waals surface area contributed by atoms with Gasteiger partial charge in [0.1, 0.15) is 0 Å². The zero-order valence-electron chi connectivity index (χ0n) is 9.13. The van der Waals surface area contributed by atoms with E-state index in [1.165, 1.54) is 56.5 Å². The van der Waals surface area contributed by atoms with Crippen molar-refractivity contribution in [3.05, 3.63) is 0 Å². The van der Waals surface area contributed by atoms with Gasteiger partial charge in [0.25, 0.3) is 0 Å². The first-order valence-corrected chi connectivity index (χ1v) is 7.31.